The molecule has 48 heteroatoms. The Morgan fingerprint density at radius 1 is 0.746 bits per heavy atom. The molecule has 22 N–H and O–H groups in total. The summed E-state index contributed by atoms with van der Waals surface area (Å²) < 4.78 is 90.9. The van der Waals surface area contributed by atoms with Crippen LogP contribution in [0.3, 0.4) is 0 Å². The van der Waals surface area contributed by atoms with E-state index in [1.807, 2.05) is 6.08 Å². The summed E-state index contributed by atoms with van der Waals surface area (Å²) in [6.45, 7) is 16.2. The molecule has 47 nitrogen and oxygen atoms in total. The van der Waals surface area contributed by atoms with E-state index < -0.39 is 275 Å². The summed E-state index contributed by atoms with van der Waals surface area (Å²) in [6, 6.07) is -1.36. The molecular weight excluding hydrogens is 1700 g/mol. The number of aromatic nitrogens is 3. The summed E-state index contributed by atoms with van der Waals surface area (Å²) in [6.07, 6.45) is -38.3. The van der Waals surface area contributed by atoms with Crippen molar-refractivity contribution in [2.24, 2.45) is 22.6 Å². The Morgan fingerprint density at radius 2 is 1.35 bits per heavy atom. The van der Waals surface area contributed by atoms with Gasteiger partial charge in [-0.15, -0.1) is 5.10 Å². The molecule has 6 heterocycles. The minimum atomic E-state index is -5.90. The predicted octanol–water partition coefficient (Wildman–Crippen LogP) is -1.68. The number of aliphatic hydroxyl groups is 10. The van der Waals surface area contributed by atoms with Crippen LogP contribution in [-0.4, -0.2) is 326 Å². The third kappa shape index (κ3) is 28.5. The Balaban J connectivity index is 1.17. The van der Waals surface area contributed by atoms with Gasteiger partial charge in [-0.3, -0.25) is 47.9 Å². The number of carboxylic acid groups (broad SMARTS) is 2. The van der Waals surface area contributed by atoms with E-state index in [-0.39, 0.29) is 30.8 Å². The van der Waals surface area contributed by atoms with Crippen LogP contribution in [0.2, 0.25) is 0 Å². The quantitative estimate of drug-likeness (QED) is 0.0116. The number of phosphoric ester groups is 1. The Labute approximate surface area is 722 Å². The summed E-state index contributed by atoms with van der Waals surface area (Å²) in [7, 11) is -5.90. The first-order chi connectivity index (χ1) is 59.0. The van der Waals surface area contributed by atoms with Gasteiger partial charge in [0, 0.05) is 39.4 Å². The molecule has 0 spiro atoms. The highest BCUT2D eigenvalue weighted by atomic mass is 31.2. The number of rotatable bonds is 45. The average molecular weight is 1820 g/mol. The number of benzene rings is 1. The number of aliphatic hydroxyl groups excluding tert-OH is 9. The predicted molar refractivity (Wildman–Crippen MR) is 429 cm³/mol. The number of ketones is 1. The van der Waals surface area contributed by atoms with Crippen molar-refractivity contribution in [3.05, 3.63) is 105 Å². The Bertz CT molecular complexity index is 4290. The average Bonchev–Trinajstić information content (AvgIpc) is 0.813. The number of hydrogen-bond donors (Lipinski definition) is 19. The lowest BCUT2D eigenvalue weighted by Gasteiger charge is -2.52. The van der Waals surface area contributed by atoms with Crippen LogP contribution >= 0.6 is 7.82 Å². The number of carboxylic acids is 2. The van der Waals surface area contributed by atoms with Gasteiger partial charge in [0.05, 0.1) is 49.6 Å². The van der Waals surface area contributed by atoms with Crippen molar-refractivity contribution < 1.29 is 175 Å². The largest absolute Gasteiger partial charge is 0.481 e. The van der Waals surface area contributed by atoms with Gasteiger partial charge in [0.15, 0.2) is 61.7 Å². The number of amides is 5. The first kappa shape index (κ1) is 105. The van der Waals surface area contributed by atoms with Gasteiger partial charge in [0.25, 0.3) is 11.6 Å². The van der Waals surface area contributed by atoms with Gasteiger partial charge in [-0.25, -0.2) is 23.8 Å². The molecule has 5 aliphatic heterocycles. The molecule has 2 unspecified atom stereocenters. The number of nitro benzene ring substituents is 1. The number of Topliss-reactive ketones (excluding diaryl/α,β-unsaturated/α-hetero) is 1. The molecule has 2 aromatic rings. The Hall–Kier alpha value is -8.51. The van der Waals surface area contributed by atoms with E-state index in [1.54, 1.807) is 13.0 Å². The first-order valence-electron chi connectivity index (χ1n) is 40.2. The van der Waals surface area contributed by atoms with E-state index in [1.165, 1.54) is 18.1 Å². The molecule has 7 rings (SSSR count). The Morgan fingerprint density at radius 3 is 1.95 bits per heavy atom. The third-order valence-corrected chi connectivity index (χ3v) is 22.0. The maximum atomic E-state index is 14.2. The fourth-order valence-electron chi connectivity index (χ4n) is 14.1. The molecule has 5 aliphatic rings. The van der Waals surface area contributed by atoms with Gasteiger partial charge in [-0.2, -0.15) is 0 Å². The third-order valence-electron chi connectivity index (χ3n) is 21.0. The lowest BCUT2D eigenvalue weighted by atomic mass is 9.85. The van der Waals surface area contributed by atoms with E-state index in [9.17, 15) is 119 Å². The van der Waals surface area contributed by atoms with Crippen LogP contribution in [0.15, 0.2) is 77.5 Å². The van der Waals surface area contributed by atoms with Gasteiger partial charge in [-0.05, 0) is 104 Å². The van der Waals surface area contributed by atoms with E-state index in [4.69, 9.17) is 78.4 Å². The number of nitrogens with one attached hydrogen (secondary N) is 3. The van der Waals surface area contributed by atoms with Gasteiger partial charge < -0.3 is 151 Å². The lowest BCUT2D eigenvalue weighted by Crippen LogP contribution is -2.72. The molecular formula is C78H117N10O37P. The topological polar surface area (TPSA) is 725 Å². The molecule has 0 saturated carbocycles. The summed E-state index contributed by atoms with van der Waals surface area (Å²) in [5, 5.41) is 158. The normalized spacial score (nSPS) is 31.6. The molecule has 5 amide bonds. The lowest BCUT2D eigenvalue weighted by molar-refractivity contribution is -0.385. The van der Waals surface area contributed by atoms with Crippen LogP contribution < -0.4 is 33.2 Å². The van der Waals surface area contributed by atoms with Crippen LogP contribution in [-0.2, 0) is 89.7 Å². The summed E-state index contributed by atoms with van der Waals surface area (Å²) in [5.74, 6) is -10.3. The molecule has 0 aliphatic carbocycles. The number of nitrogens with zero attached hydrogens (tertiary/aromatic N) is 4. The summed E-state index contributed by atoms with van der Waals surface area (Å²) in [4.78, 5) is 131. The number of primary amides is 2. The van der Waals surface area contributed by atoms with Crippen molar-refractivity contribution in [2.75, 3.05) is 39.5 Å². The number of hydrogen-bond acceptors (Lipinski definition) is 37. The van der Waals surface area contributed by atoms with Gasteiger partial charge >= 0.3 is 25.9 Å². The number of nitrogens with two attached hydrogens (primary N) is 3. The number of phosphoric acid groups is 1. The summed E-state index contributed by atoms with van der Waals surface area (Å²) >= 11 is 0. The number of allylic oxidation sites excluding steroid dienone is 8. The second kappa shape index (κ2) is 46.7. The zero-order chi connectivity index (χ0) is 93.9. The highest BCUT2D eigenvalue weighted by molar-refractivity contribution is 7.47. The SMILES string of the molecule is C=C(C/C=C(\C)CCC=C(C)C)CCC(C)(C)/C=C/CC/C(C)=C\CO[C@H](COP(=O)(O)O[C@H]1O[C@H](C(N)=O)[C@@](C)(O)[C@H](OC(N)=O)[C@H]1O[C@@H]1O[C@H](CO[C@@H]2O[C@H](CO)[C@@H](O)[C@H](O)[C@H]2O)[C@@H](O[C@@H]2O[C@H](C)[C@@H](O[C@@H]3OC(c4nc(C(=O)CCC(=O)O)nn4-c4ccc([N+](=O)[O-])c(C(=O)NCCN)c4)[C@H](O)[C@H](O)[C@H]3O)[C@H](O)[C@H]2NC(C)=O)[C@H](O)[C@H]1NC(C)=O)C(=O)O. The van der Waals surface area contributed by atoms with Gasteiger partial charge in [0.2, 0.25) is 29.3 Å². The van der Waals surface area contributed by atoms with E-state index >= 15 is 0 Å². The number of carbonyl (C=O) groups excluding carboxylic acids is 6. The molecule has 1 aromatic heterocycles. The molecule has 0 radical (unpaired) electrons. The first-order valence-corrected chi connectivity index (χ1v) is 41.7. The van der Waals surface area contributed by atoms with Crippen LogP contribution in [0, 0.1) is 15.5 Å². The smallest absolute Gasteiger partial charge is 0.474 e. The second-order valence-corrected chi connectivity index (χ2v) is 33.6. The minimum absolute atomic E-state index is 0.105. The highest BCUT2D eigenvalue weighted by Crippen LogP contribution is 2.49. The number of ether oxygens (including phenoxy) is 11. The van der Waals surface area contributed by atoms with Crippen LogP contribution in [0.1, 0.15) is 160 Å². The molecule has 706 valence electrons. The van der Waals surface area contributed by atoms with Crippen molar-refractivity contribution in [3.63, 3.8) is 0 Å². The fraction of sp³-hybridized carbons (Fsp3) is 0.667. The maximum Gasteiger partial charge on any atom is 0.474 e. The fourth-order valence-corrected chi connectivity index (χ4v) is 14.9. The standard InChI is InChI=1S/C78H117N10O37P/c1-35(2)15-14-17-36(3)18-19-38(5)24-27-77(9,10)26-13-12-16-37(4)25-30-113-48(70(105)106)34-115-126(111,112)125-75-63(64(124-76(81)107)78(11,108)65(123-75)66(80)103)122-72-51(84-41(8)91)54(97)61(47(118-72)33-114-73-58(101)55(98)52(95)46(32-89)117-73)120-71-50(83-40(7)90)53(96)60(39(6)116-71)119-74-59(102)56(99)57(100)62(121-74)68-85-67(45(92)22-23-49(93)94)86-87(68)42-20-21-44(88(109)110)43(31-42)69(104)82-29-28-79/h13,15,18,20-21,25-26,31,39,46-48,50-65,71-75,89,95-102,108H,5,12,14,16-17,19,22-24,27-30,32-34,79H2,1-4,6-11H3,(H2,80,103)(H2,81,107)(H,82,104)(H,83,90)(H,84,91)(H,93,94)(H,105,106)(H,111,112)/b26-13+,36-18+,37-25-/t39-,46-,47-,48-,50-,51-,52-,53-,54-,55+,56+,57-,58-,59-,60-,61-,62?,63-,64-,65-,71+,72+,73-,74-,75-,78+/m1/s1. The molecule has 126 heavy (non-hydrogen) atoms. The molecule has 27 atom stereocenters. The Kier molecular flexibility index (Phi) is 38.7. The number of nitro groups is 1. The minimum Gasteiger partial charge on any atom is -0.481 e. The molecule has 5 saturated heterocycles. The number of aliphatic carboxylic acids is 2. The zero-order valence-electron chi connectivity index (χ0n) is 70.9. The second-order valence-electron chi connectivity index (χ2n) is 32.1. The monoisotopic (exact) mass is 1820 g/mol. The molecule has 5 fully saturated rings. The summed E-state index contributed by atoms with van der Waals surface area (Å²) in [5.41, 5.74) is 16.4. The highest BCUT2D eigenvalue weighted by Gasteiger charge is 2.63. The molecule has 0 bridgehead atoms. The van der Waals surface area contributed by atoms with E-state index in [2.05, 4.69) is 85.5 Å². The molecule has 1 aromatic carbocycles. The van der Waals surface area contributed by atoms with Crippen molar-refractivity contribution in [1.82, 2.24) is 30.7 Å². The zero-order valence-corrected chi connectivity index (χ0v) is 71.8. The van der Waals surface area contributed by atoms with E-state index in [0.717, 1.165) is 86.9 Å². The van der Waals surface area contributed by atoms with Crippen LogP contribution in [0.25, 0.3) is 5.69 Å². The van der Waals surface area contributed by atoms with Crippen molar-refractivity contribution >= 4 is 61.0 Å². The number of carbonyl (C=O) groups is 8. The van der Waals surface area contributed by atoms with Crippen LogP contribution in [0.5, 0.6) is 0 Å². The van der Waals surface area contributed by atoms with Gasteiger partial charge in [0.1, 0.15) is 103 Å². The van der Waals surface area contributed by atoms with Gasteiger partial charge in [-0.1, -0.05) is 73.1 Å². The van der Waals surface area contributed by atoms with Crippen molar-refractivity contribution in [2.45, 2.75) is 286 Å². The van der Waals surface area contributed by atoms with Crippen LogP contribution in [0.4, 0.5) is 10.5 Å². The van der Waals surface area contributed by atoms with Crippen molar-refractivity contribution in [3.8, 4) is 5.69 Å². The maximum absolute atomic E-state index is 14.2. The van der Waals surface area contributed by atoms with Crippen molar-refractivity contribution in [1.29, 1.82) is 0 Å². The van der Waals surface area contributed by atoms with E-state index in [0.29, 0.717) is 12.8 Å².